The molecule has 2 unspecified atom stereocenters. The van der Waals surface area contributed by atoms with Crippen molar-refractivity contribution in [2.75, 3.05) is 18.4 Å². The van der Waals surface area contributed by atoms with Gasteiger partial charge in [0.2, 0.25) is 0 Å². The molecule has 4 rings (SSSR count). The van der Waals surface area contributed by atoms with Crippen molar-refractivity contribution in [3.8, 4) is 11.1 Å². The molecule has 0 saturated heterocycles. The number of fused-ring (bicyclic) bond motifs is 1. The summed E-state index contributed by atoms with van der Waals surface area (Å²) >= 11 is 0. The van der Waals surface area contributed by atoms with E-state index in [2.05, 4.69) is 72.6 Å². The highest BCUT2D eigenvalue weighted by Gasteiger charge is 2.30. The first-order valence-electron chi connectivity index (χ1n) is 10.1. The van der Waals surface area contributed by atoms with Crippen LogP contribution in [-0.2, 0) is 6.54 Å². The summed E-state index contributed by atoms with van der Waals surface area (Å²) in [5.74, 6) is 0.216. The third-order valence-corrected chi connectivity index (χ3v) is 5.75. The maximum absolute atomic E-state index is 13.7. The maximum atomic E-state index is 13.7. The lowest BCUT2D eigenvalue weighted by Crippen LogP contribution is -2.32. The summed E-state index contributed by atoms with van der Waals surface area (Å²) in [6.07, 6.45) is 0. The van der Waals surface area contributed by atoms with Crippen LogP contribution in [0.3, 0.4) is 0 Å². The lowest BCUT2D eigenvalue weighted by Gasteiger charge is -2.27. The quantitative estimate of drug-likeness (QED) is 0.577. The molecule has 0 fully saturated rings. The summed E-state index contributed by atoms with van der Waals surface area (Å²) in [6, 6.07) is 24.3. The van der Waals surface area contributed by atoms with E-state index in [1.165, 1.54) is 22.9 Å². The molecule has 0 radical (unpaired) electrons. The fraction of sp³-hybridized carbons (Fsp3) is 0.280. The molecule has 1 aliphatic rings. The summed E-state index contributed by atoms with van der Waals surface area (Å²) < 4.78 is 13.7. The number of halogens is 1. The zero-order valence-electron chi connectivity index (χ0n) is 16.5. The van der Waals surface area contributed by atoms with Gasteiger partial charge in [0.25, 0.3) is 0 Å². The Morgan fingerprint density at radius 3 is 2.46 bits per heavy atom. The van der Waals surface area contributed by atoms with Crippen LogP contribution in [-0.4, -0.2) is 24.0 Å². The SMILES string of the molecule is CCN(Cc1ccccc1)CC1c2cc(-c3cccc(F)c3)ccc2NC1C. The summed E-state index contributed by atoms with van der Waals surface area (Å²) in [5.41, 5.74) is 5.88. The van der Waals surface area contributed by atoms with Crippen molar-refractivity contribution in [3.63, 3.8) is 0 Å². The van der Waals surface area contributed by atoms with Gasteiger partial charge in [-0.05, 0) is 60.0 Å². The van der Waals surface area contributed by atoms with Crippen LogP contribution in [0.25, 0.3) is 11.1 Å². The Labute approximate surface area is 167 Å². The average molecular weight is 375 g/mol. The van der Waals surface area contributed by atoms with Crippen molar-refractivity contribution in [2.45, 2.75) is 32.4 Å². The highest BCUT2D eigenvalue weighted by Crippen LogP contribution is 2.39. The van der Waals surface area contributed by atoms with Crippen molar-refractivity contribution in [1.29, 1.82) is 0 Å². The molecule has 3 heteroatoms. The van der Waals surface area contributed by atoms with Gasteiger partial charge in [0.15, 0.2) is 0 Å². The van der Waals surface area contributed by atoms with Gasteiger partial charge in [0.1, 0.15) is 5.82 Å². The molecule has 0 amide bonds. The number of hydrogen-bond donors (Lipinski definition) is 1. The van der Waals surface area contributed by atoms with Crippen molar-refractivity contribution in [2.24, 2.45) is 0 Å². The Bertz CT molecular complexity index is 938. The standard InChI is InChI=1S/C25H27FN2/c1-3-28(16-19-8-5-4-6-9-19)17-24-18(2)27-25-13-12-21(15-23(24)25)20-10-7-11-22(26)14-20/h4-15,18,24,27H,3,16-17H2,1-2H3. The number of rotatable bonds is 6. The van der Waals surface area contributed by atoms with E-state index in [4.69, 9.17) is 0 Å². The third-order valence-electron chi connectivity index (χ3n) is 5.75. The first-order valence-corrected chi connectivity index (χ1v) is 10.1. The first kappa shape index (κ1) is 18.7. The van der Waals surface area contributed by atoms with E-state index in [0.29, 0.717) is 12.0 Å². The molecule has 0 spiro atoms. The topological polar surface area (TPSA) is 15.3 Å². The molecule has 0 bridgehead atoms. The van der Waals surface area contributed by atoms with E-state index in [1.807, 2.05) is 6.07 Å². The number of anilines is 1. The van der Waals surface area contributed by atoms with Crippen molar-refractivity contribution < 1.29 is 4.39 Å². The first-order chi connectivity index (χ1) is 13.6. The molecule has 3 aromatic rings. The van der Waals surface area contributed by atoms with Crippen LogP contribution in [0.1, 0.15) is 30.9 Å². The Kier molecular flexibility index (Phi) is 5.45. The molecule has 0 aliphatic carbocycles. The minimum atomic E-state index is -0.193. The highest BCUT2D eigenvalue weighted by atomic mass is 19.1. The van der Waals surface area contributed by atoms with Crippen LogP contribution in [0, 0.1) is 5.82 Å². The lowest BCUT2D eigenvalue weighted by atomic mass is 9.92. The Morgan fingerprint density at radius 2 is 1.71 bits per heavy atom. The van der Waals surface area contributed by atoms with Gasteiger partial charge < -0.3 is 5.32 Å². The predicted octanol–water partition coefficient (Wildman–Crippen LogP) is 5.91. The highest BCUT2D eigenvalue weighted by molar-refractivity contribution is 5.71. The van der Waals surface area contributed by atoms with Gasteiger partial charge in [0.05, 0.1) is 0 Å². The van der Waals surface area contributed by atoms with Gasteiger partial charge in [-0.2, -0.15) is 0 Å². The monoisotopic (exact) mass is 374 g/mol. The van der Waals surface area contributed by atoms with Crippen LogP contribution in [0.15, 0.2) is 72.8 Å². The van der Waals surface area contributed by atoms with Crippen molar-refractivity contribution >= 4 is 5.69 Å². The average Bonchev–Trinajstić information content (AvgIpc) is 3.02. The molecular formula is C25H27FN2. The third kappa shape index (κ3) is 3.95. The van der Waals surface area contributed by atoms with Crippen LogP contribution in [0.4, 0.5) is 10.1 Å². The number of benzene rings is 3. The minimum Gasteiger partial charge on any atom is -0.382 e. The fourth-order valence-corrected chi connectivity index (χ4v) is 4.15. The normalized spacial score (nSPS) is 18.1. The largest absolute Gasteiger partial charge is 0.382 e. The van der Waals surface area contributed by atoms with Crippen molar-refractivity contribution in [3.05, 3.63) is 89.7 Å². The number of hydrogen-bond acceptors (Lipinski definition) is 2. The molecule has 1 heterocycles. The second-order valence-electron chi connectivity index (χ2n) is 7.67. The molecule has 144 valence electrons. The Hall–Kier alpha value is -2.65. The zero-order chi connectivity index (χ0) is 19.5. The van der Waals surface area contributed by atoms with E-state index in [-0.39, 0.29) is 5.82 Å². The molecule has 0 saturated carbocycles. The minimum absolute atomic E-state index is 0.193. The Morgan fingerprint density at radius 1 is 0.929 bits per heavy atom. The van der Waals surface area contributed by atoms with Crippen molar-refractivity contribution in [1.82, 2.24) is 4.90 Å². The fourth-order valence-electron chi connectivity index (χ4n) is 4.15. The van der Waals surface area contributed by atoms with Crippen LogP contribution in [0.5, 0.6) is 0 Å². The van der Waals surface area contributed by atoms with Gasteiger partial charge in [0, 0.05) is 30.7 Å². The van der Waals surface area contributed by atoms with Gasteiger partial charge in [-0.15, -0.1) is 0 Å². The molecule has 28 heavy (non-hydrogen) atoms. The molecular weight excluding hydrogens is 347 g/mol. The van der Waals surface area contributed by atoms with Crippen LogP contribution in [0.2, 0.25) is 0 Å². The smallest absolute Gasteiger partial charge is 0.123 e. The lowest BCUT2D eigenvalue weighted by molar-refractivity contribution is 0.257. The van der Waals surface area contributed by atoms with E-state index < -0.39 is 0 Å². The number of likely N-dealkylation sites (N-methyl/N-ethyl adjacent to an activating group) is 1. The van der Waals surface area contributed by atoms with Gasteiger partial charge in [-0.3, -0.25) is 4.90 Å². The second kappa shape index (κ2) is 8.15. The maximum Gasteiger partial charge on any atom is 0.123 e. The molecule has 3 aromatic carbocycles. The number of nitrogens with one attached hydrogen (secondary N) is 1. The molecule has 1 aliphatic heterocycles. The Balaban J connectivity index is 1.58. The summed E-state index contributed by atoms with van der Waals surface area (Å²) in [6.45, 7) is 7.44. The zero-order valence-corrected chi connectivity index (χ0v) is 16.5. The van der Waals surface area contributed by atoms with Gasteiger partial charge in [-0.25, -0.2) is 4.39 Å². The van der Waals surface area contributed by atoms with E-state index in [9.17, 15) is 4.39 Å². The van der Waals surface area contributed by atoms with E-state index in [1.54, 1.807) is 12.1 Å². The molecule has 0 aromatic heterocycles. The molecule has 1 N–H and O–H groups in total. The van der Waals surface area contributed by atoms with Gasteiger partial charge in [-0.1, -0.05) is 55.5 Å². The molecule has 2 atom stereocenters. The predicted molar refractivity (Wildman–Crippen MR) is 115 cm³/mol. The summed E-state index contributed by atoms with van der Waals surface area (Å²) in [7, 11) is 0. The van der Waals surface area contributed by atoms with E-state index in [0.717, 1.165) is 30.8 Å². The van der Waals surface area contributed by atoms with E-state index >= 15 is 0 Å². The summed E-state index contributed by atoms with van der Waals surface area (Å²) in [5, 5.41) is 3.63. The summed E-state index contributed by atoms with van der Waals surface area (Å²) in [4.78, 5) is 2.50. The van der Waals surface area contributed by atoms with Crippen LogP contribution < -0.4 is 5.32 Å². The van der Waals surface area contributed by atoms with Gasteiger partial charge >= 0.3 is 0 Å². The van der Waals surface area contributed by atoms with Crippen LogP contribution >= 0.6 is 0 Å². The number of nitrogens with zero attached hydrogens (tertiary/aromatic N) is 1. The molecule has 2 nitrogen and oxygen atoms in total. The second-order valence-corrected chi connectivity index (χ2v) is 7.67.